The molecule has 3 heterocycles. The van der Waals surface area contributed by atoms with Crippen molar-refractivity contribution in [1.29, 1.82) is 0 Å². The molecule has 2 atom stereocenters. The van der Waals surface area contributed by atoms with E-state index < -0.39 is 0 Å². The summed E-state index contributed by atoms with van der Waals surface area (Å²) in [7, 11) is 0. The minimum absolute atomic E-state index is 0.0388. The number of benzene rings is 1. The molecule has 0 bridgehead atoms. The standard InChI is InChI=1S/C21H24N4O2S2/c26-20(24-21-23-8-9-28-21)11-15-6-7-22-13-16(15)10-17-12-18(27-25-17)14-29-19-4-2-1-3-5-19/h1-5,8-9,12,15-16,22H,6-7,10-11,13-14H2,(H,23,24,26). The number of amides is 1. The Balaban J connectivity index is 1.31. The van der Waals surface area contributed by atoms with Gasteiger partial charge in [0.05, 0.1) is 11.4 Å². The van der Waals surface area contributed by atoms with Gasteiger partial charge in [-0.05, 0) is 49.9 Å². The van der Waals surface area contributed by atoms with Crippen LogP contribution in [-0.4, -0.2) is 29.1 Å². The molecule has 1 aromatic carbocycles. The molecule has 0 saturated carbocycles. The molecule has 4 rings (SSSR count). The summed E-state index contributed by atoms with van der Waals surface area (Å²) >= 11 is 3.18. The van der Waals surface area contributed by atoms with E-state index in [0.717, 1.165) is 43.1 Å². The molecule has 2 aromatic heterocycles. The Hall–Kier alpha value is -2.16. The van der Waals surface area contributed by atoms with Crippen LogP contribution in [0, 0.1) is 11.8 Å². The van der Waals surface area contributed by atoms with Gasteiger partial charge in [0.2, 0.25) is 5.91 Å². The number of hydrogen-bond acceptors (Lipinski definition) is 7. The number of aromatic nitrogens is 2. The third-order valence-corrected chi connectivity index (χ3v) is 6.82. The van der Waals surface area contributed by atoms with E-state index in [2.05, 4.69) is 39.0 Å². The lowest BCUT2D eigenvalue weighted by Gasteiger charge is -2.31. The maximum atomic E-state index is 12.4. The monoisotopic (exact) mass is 428 g/mol. The molecular weight excluding hydrogens is 404 g/mol. The first-order chi connectivity index (χ1) is 14.3. The first-order valence-electron chi connectivity index (χ1n) is 9.78. The van der Waals surface area contributed by atoms with Gasteiger partial charge in [0.25, 0.3) is 0 Å². The van der Waals surface area contributed by atoms with Gasteiger partial charge in [0.1, 0.15) is 5.76 Å². The van der Waals surface area contributed by atoms with E-state index in [1.54, 1.807) is 18.0 Å². The molecule has 6 nitrogen and oxygen atoms in total. The summed E-state index contributed by atoms with van der Waals surface area (Å²) in [5.74, 6) is 2.38. The first kappa shape index (κ1) is 20.1. The van der Waals surface area contributed by atoms with Crippen LogP contribution in [-0.2, 0) is 17.0 Å². The highest BCUT2D eigenvalue weighted by atomic mass is 32.2. The van der Waals surface area contributed by atoms with Crippen molar-refractivity contribution in [3.8, 4) is 0 Å². The number of nitrogens with zero attached hydrogens (tertiary/aromatic N) is 2. The largest absolute Gasteiger partial charge is 0.360 e. The molecule has 1 saturated heterocycles. The molecule has 0 spiro atoms. The summed E-state index contributed by atoms with van der Waals surface area (Å²) < 4.78 is 5.54. The van der Waals surface area contributed by atoms with Crippen molar-refractivity contribution in [3.05, 3.63) is 59.4 Å². The molecule has 2 N–H and O–H groups in total. The van der Waals surface area contributed by atoms with Crippen molar-refractivity contribution in [2.24, 2.45) is 11.8 Å². The van der Waals surface area contributed by atoms with Gasteiger partial charge >= 0.3 is 0 Å². The lowest BCUT2D eigenvalue weighted by Crippen LogP contribution is -2.39. The van der Waals surface area contributed by atoms with Crippen LogP contribution in [0.2, 0.25) is 0 Å². The number of carbonyl (C=O) groups excluding carboxylic acids is 1. The minimum Gasteiger partial charge on any atom is -0.360 e. The zero-order chi connectivity index (χ0) is 19.9. The highest BCUT2D eigenvalue weighted by Gasteiger charge is 2.28. The Morgan fingerprint density at radius 2 is 2.21 bits per heavy atom. The molecule has 3 aromatic rings. The average Bonchev–Trinajstić information content (AvgIpc) is 3.41. The second-order valence-electron chi connectivity index (χ2n) is 7.19. The number of piperidine rings is 1. The van der Waals surface area contributed by atoms with Crippen molar-refractivity contribution in [1.82, 2.24) is 15.5 Å². The highest BCUT2D eigenvalue weighted by molar-refractivity contribution is 7.98. The SMILES string of the molecule is O=C(CC1CCNCC1Cc1cc(CSc2ccccc2)on1)Nc1nccs1. The summed E-state index contributed by atoms with van der Waals surface area (Å²) in [6.45, 7) is 1.85. The van der Waals surface area contributed by atoms with Gasteiger partial charge in [0.15, 0.2) is 5.13 Å². The second kappa shape index (κ2) is 10.0. The molecular formula is C21H24N4O2S2. The predicted molar refractivity (Wildman–Crippen MR) is 116 cm³/mol. The highest BCUT2D eigenvalue weighted by Crippen LogP contribution is 2.28. The molecule has 2 unspecified atom stereocenters. The topological polar surface area (TPSA) is 80.0 Å². The van der Waals surface area contributed by atoms with Crippen molar-refractivity contribution in [2.45, 2.75) is 29.9 Å². The molecule has 152 valence electrons. The van der Waals surface area contributed by atoms with E-state index >= 15 is 0 Å². The molecule has 1 fully saturated rings. The summed E-state index contributed by atoms with van der Waals surface area (Å²) in [6, 6.07) is 12.3. The minimum atomic E-state index is 0.0388. The van der Waals surface area contributed by atoms with E-state index in [-0.39, 0.29) is 5.91 Å². The third-order valence-electron chi connectivity index (χ3n) is 5.09. The van der Waals surface area contributed by atoms with Gasteiger partial charge in [-0.2, -0.15) is 0 Å². The maximum Gasteiger partial charge on any atom is 0.226 e. The number of nitrogens with one attached hydrogen (secondary N) is 2. The Morgan fingerprint density at radius 3 is 3.03 bits per heavy atom. The van der Waals surface area contributed by atoms with Crippen molar-refractivity contribution in [2.75, 3.05) is 18.4 Å². The lowest BCUT2D eigenvalue weighted by molar-refractivity contribution is -0.117. The van der Waals surface area contributed by atoms with Gasteiger partial charge in [-0.15, -0.1) is 23.1 Å². The fourth-order valence-electron chi connectivity index (χ4n) is 3.64. The van der Waals surface area contributed by atoms with E-state index in [4.69, 9.17) is 4.52 Å². The smallest absolute Gasteiger partial charge is 0.226 e. The van der Waals surface area contributed by atoms with Gasteiger partial charge < -0.3 is 15.2 Å². The maximum absolute atomic E-state index is 12.4. The van der Waals surface area contributed by atoms with Crippen LogP contribution in [0.25, 0.3) is 0 Å². The number of carbonyl (C=O) groups is 1. The van der Waals surface area contributed by atoms with Crippen molar-refractivity contribution < 1.29 is 9.32 Å². The van der Waals surface area contributed by atoms with Gasteiger partial charge in [-0.25, -0.2) is 4.98 Å². The molecule has 1 aliphatic heterocycles. The zero-order valence-corrected chi connectivity index (χ0v) is 17.7. The fraction of sp³-hybridized carbons (Fsp3) is 0.381. The number of thiazole rings is 1. The predicted octanol–water partition coefficient (Wildman–Crippen LogP) is 4.22. The van der Waals surface area contributed by atoms with Crippen LogP contribution in [0.1, 0.15) is 24.3 Å². The van der Waals surface area contributed by atoms with Crippen molar-refractivity contribution in [3.63, 3.8) is 0 Å². The number of anilines is 1. The van der Waals surface area contributed by atoms with Crippen LogP contribution < -0.4 is 10.6 Å². The Labute approximate surface area is 178 Å². The Morgan fingerprint density at radius 1 is 1.31 bits per heavy atom. The zero-order valence-electron chi connectivity index (χ0n) is 16.0. The quantitative estimate of drug-likeness (QED) is 0.523. The van der Waals surface area contributed by atoms with Crippen LogP contribution in [0.5, 0.6) is 0 Å². The van der Waals surface area contributed by atoms with E-state index in [1.807, 2.05) is 23.6 Å². The summed E-state index contributed by atoms with van der Waals surface area (Å²) in [5, 5.41) is 13.2. The number of rotatable bonds is 8. The third kappa shape index (κ3) is 5.91. The van der Waals surface area contributed by atoms with Crippen LogP contribution in [0.3, 0.4) is 0 Å². The van der Waals surface area contributed by atoms with E-state index in [1.165, 1.54) is 16.2 Å². The first-order valence-corrected chi connectivity index (χ1v) is 11.6. The van der Waals surface area contributed by atoms with Gasteiger partial charge in [-0.3, -0.25) is 4.79 Å². The fourth-order valence-corrected chi connectivity index (χ4v) is 4.98. The lowest BCUT2D eigenvalue weighted by atomic mass is 9.81. The van der Waals surface area contributed by atoms with Gasteiger partial charge in [-0.1, -0.05) is 23.4 Å². The molecule has 1 aliphatic rings. The van der Waals surface area contributed by atoms with E-state index in [0.29, 0.717) is 23.4 Å². The van der Waals surface area contributed by atoms with Gasteiger partial charge in [0, 0.05) is 29.0 Å². The molecule has 0 aliphatic carbocycles. The van der Waals surface area contributed by atoms with Crippen LogP contribution >= 0.6 is 23.1 Å². The summed E-state index contributed by atoms with van der Waals surface area (Å²) in [4.78, 5) is 17.7. The molecule has 29 heavy (non-hydrogen) atoms. The average molecular weight is 429 g/mol. The van der Waals surface area contributed by atoms with E-state index in [9.17, 15) is 4.79 Å². The Bertz CT molecular complexity index is 899. The normalized spacial score (nSPS) is 19.2. The summed E-state index contributed by atoms with van der Waals surface area (Å²) in [5.41, 5.74) is 0.965. The Kier molecular flexibility index (Phi) is 6.97. The summed E-state index contributed by atoms with van der Waals surface area (Å²) in [6.07, 6.45) is 4.03. The van der Waals surface area contributed by atoms with Crippen molar-refractivity contribution >= 4 is 34.1 Å². The number of hydrogen-bond donors (Lipinski definition) is 2. The number of thioether (sulfide) groups is 1. The van der Waals surface area contributed by atoms with Crippen LogP contribution in [0.4, 0.5) is 5.13 Å². The molecule has 0 radical (unpaired) electrons. The van der Waals surface area contributed by atoms with Crippen LogP contribution in [0.15, 0.2) is 57.4 Å². The second-order valence-corrected chi connectivity index (χ2v) is 9.14. The molecule has 1 amide bonds. The molecule has 8 heteroatoms.